The number of likely N-dealkylation sites (tertiary alicyclic amines) is 1. The number of aliphatic hydroxyl groups excluding tert-OH is 1. The molecule has 1 amide bonds. The molecule has 0 spiro atoms. The molecule has 0 bridgehead atoms. The predicted octanol–water partition coefficient (Wildman–Crippen LogP) is 2.96. The molecule has 1 aromatic carbocycles. The lowest BCUT2D eigenvalue weighted by molar-refractivity contribution is -0.140. The van der Waals surface area contributed by atoms with Gasteiger partial charge in [-0.05, 0) is 44.5 Å². The Bertz CT molecular complexity index is 1030. The number of carbonyl (C=O) groups is 2. The third-order valence-electron chi connectivity index (χ3n) is 5.98. The number of nitrogens with zero attached hydrogens (tertiary/aromatic N) is 2. The summed E-state index contributed by atoms with van der Waals surface area (Å²) in [6.07, 6.45) is 0. The van der Waals surface area contributed by atoms with E-state index in [4.69, 9.17) is 9.15 Å². The number of furan rings is 1. The van der Waals surface area contributed by atoms with E-state index in [-0.39, 0.29) is 11.3 Å². The second-order valence-corrected chi connectivity index (χ2v) is 8.21. The molecule has 1 aromatic heterocycles. The lowest BCUT2D eigenvalue weighted by atomic mass is 9.96. The van der Waals surface area contributed by atoms with Crippen molar-refractivity contribution < 1.29 is 23.8 Å². The van der Waals surface area contributed by atoms with E-state index in [0.29, 0.717) is 43.4 Å². The van der Waals surface area contributed by atoms with Gasteiger partial charge in [-0.15, -0.1) is 0 Å². The molecular formula is C24H28N2O5. The first kappa shape index (κ1) is 21.3. The first-order valence-electron chi connectivity index (χ1n) is 10.6. The molecule has 0 unspecified atom stereocenters. The van der Waals surface area contributed by atoms with Gasteiger partial charge in [0.2, 0.25) is 0 Å². The number of benzene rings is 1. The molecule has 2 saturated heterocycles. The smallest absolute Gasteiger partial charge is 0.295 e. The number of aliphatic hydroxyl groups is 1. The zero-order valence-corrected chi connectivity index (χ0v) is 18.2. The van der Waals surface area contributed by atoms with E-state index in [1.54, 1.807) is 12.1 Å². The maximum Gasteiger partial charge on any atom is 0.295 e. The van der Waals surface area contributed by atoms with Crippen LogP contribution in [-0.2, 0) is 14.3 Å². The third kappa shape index (κ3) is 4.16. The Balaban J connectivity index is 1.75. The molecule has 2 aliphatic heterocycles. The van der Waals surface area contributed by atoms with Crippen molar-refractivity contribution in [2.75, 3.05) is 39.4 Å². The maximum absolute atomic E-state index is 13.1. The molecule has 164 valence electrons. The van der Waals surface area contributed by atoms with Crippen molar-refractivity contribution in [1.29, 1.82) is 0 Å². The Kier molecular flexibility index (Phi) is 5.98. The van der Waals surface area contributed by atoms with Crippen LogP contribution in [0.3, 0.4) is 0 Å². The number of hydrogen-bond donors (Lipinski definition) is 1. The fourth-order valence-corrected chi connectivity index (χ4v) is 4.22. The van der Waals surface area contributed by atoms with Gasteiger partial charge in [-0.1, -0.05) is 17.7 Å². The molecule has 2 aliphatic rings. The van der Waals surface area contributed by atoms with Crippen molar-refractivity contribution in [3.05, 3.63) is 64.1 Å². The van der Waals surface area contributed by atoms with Crippen LogP contribution in [0.4, 0.5) is 0 Å². The van der Waals surface area contributed by atoms with Crippen molar-refractivity contribution in [1.82, 2.24) is 9.80 Å². The van der Waals surface area contributed by atoms with Gasteiger partial charge in [-0.25, -0.2) is 0 Å². The molecular weight excluding hydrogens is 396 g/mol. The van der Waals surface area contributed by atoms with Gasteiger partial charge >= 0.3 is 0 Å². The van der Waals surface area contributed by atoms with Gasteiger partial charge in [0.15, 0.2) is 0 Å². The Labute approximate surface area is 181 Å². The highest BCUT2D eigenvalue weighted by atomic mass is 16.5. The van der Waals surface area contributed by atoms with Crippen LogP contribution in [-0.4, -0.2) is 66.0 Å². The summed E-state index contributed by atoms with van der Waals surface area (Å²) in [7, 11) is 0. The Morgan fingerprint density at radius 1 is 1.06 bits per heavy atom. The molecule has 1 atom stereocenters. The summed E-state index contributed by atoms with van der Waals surface area (Å²) in [4.78, 5) is 29.8. The van der Waals surface area contributed by atoms with Crippen LogP contribution in [0, 0.1) is 20.8 Å². The molecule has 31 heavy (non-hydrogen) atoms. The van der Waals surface area contributed by atoms with Crippen LogP contribution in [0.1, 0.15) is 34.3 Å². The fourth-order valence-electron chi connectivity index (χ4n) is 4.22. The lowest BCUT2D eigenvalue weighted by Gasteiger charge is -2.30. The second-order valence-electron chi connectivity index (χ2n) is 8.21. The summed E-state index contributed by atoms with van der Waals surface area (Å²) < 4.78 is 11.2. The standard InChI is InChI=1S/C24H28N2O5/c1-15-4-5-16(2)18(14-15)22(27)20-21(19-7-6-17(3)31-19)26(24(29)23(20)28)9-8-25-10-12-30-13-11-25/h4-7,14,21,27H,8-13H2,1-3H3/t21-/m1/s1. The number of Topliss-reactive ketones (excluding diaryl/α,β-unsaturated/α-hetero) is 1. The van der Waals surface area contributed by atoms with Gasteiger partial charge in [-0.3, -0.25) is 14.5 Å². The first-order chi connectivity index (χ1) is 14.9. The average Bonchev–Trinajstić information content (AvgIpc) is 3.30. The molecule has 7 heteroatoms. The molecule has 1 N–H and O–H groups in total. The zero-order valence-electron chi connectivity index (χ0n) is 18.2. The van der Waals surface area contributed by atoms with Crippen LogP contribution < -0.4 is 0 Å². The minimum atomic E-state index is -0.755. The summed E-state index contributed by atoms with van der Waals surface area (Å²) in [5.74, 6) is -0.294. The Hall–Kier alpha value is -2.90. The van der Waals surface area contributed by atoms with Crippen LogP contribution in [0.2, 0.25) is 0 Å². The Morgan fingerprint density at radius 3 is 2.48 bits per heavy atom. The summed E-state index contributed by atoms with van der Waals surface area (Å²) in [6, 6.07) is 8.48. The van der Waals surface area contributed by atoms with Gasteiger partial charge in [0.1, 0.15) is 23.3 Å². The van der Waals surface area contributed by atoms with E-state index in [9.17, 15) is 14.7 Å². The summed E-state index contributed by atoms with van der Waals surface area (Å²) in [5, 5.41) is 11.2. The topological polar surface area (TPSA) is 83.2 Å². The Morgan fingerprint density at radius 2 is 1.81 bits per heavy atom. The van der Waals surface area contributed by atoms with Crippen LogP contribution in [0.5, 0.6) is 0 Å². The quantitative estimate of drug-likeness (QED) is 0.451. The normalized spacial score (nSPS) is 21.8. The first-order valence-corrected chi connectivity index (χ1v) is 10.6. The minimum absolute atomic E-state index is 0.0787. The van der Waals surface area contributed by atoms with E-state index in [1.165, 1.54) is 4.90 Å². The molecule has 0 radical (unpaired) electrons. The van der Waals surface area contributed by atoms with Gasteiger partial charge < -0.3 is 19.2 Å². The maximum atomic E-state index is 13.1. The highest BCUT2D eigenvalue weighted by Crippen LogP contribution is 2.40. The van der Waals surface area contributed by atoms with Crippen LogP contribution >= 0.6 is 0 Å². The third-order valence-corrected chi connectivity index (χ3v) is 5.98. The van der Waals surface area contributed by atoms with Crippen molar-refractivity contribution in [2.24, 2.45) is 0 Å². The molecule has 4 rings (SSSR count). The summed E-state index contributed by atoms with van der Waals surface area (Å²) in [6.45, 7) is 9.48. The van der Waals surface area contributed by atoms with Crippen molar-refractivity contribution in [3.8, 4) is 0 Å². The number of amides is 1. The van der Waals surface area contributed by atoms with Gasteiger partial charge in [0.05, 0.1) is 18.8 Å². The lowest BCUT2D eigenvalue weighted by Crippen LogP contribution is -2.42. The molecule has 2 aromatic rings. The van der Waals surface area contributed by atoms with E-state index in [1.807, 2.05) is 39.0 Å². The van der Waals surface area contributed by atoms with Gasteiger partial charge in [0.25, 0.3) is 11.7 Å². The monoisotopic (exact) mass is 424 g/mol. The van der Waals surface area contributed by atoms with Crippen molar-refractivity contribution >= 4 is 17.4 Å². The number of ketones is 1. The number of rotatable bonds is 5. The summed E-state index contributed by atoms with van der Waals surface area (Å²) in [5.41, 5.74) is 2.42. The SMILES string of the molecule is Cc1ccc(C)c(C(O)=C2C(=O)C(=O)N(CCN3CCOCC3)[C@@H]2c2ccc(C)o2)c1. The molecule has 7 nitrogen and oxygen atoms in total. The largest absolute Gasteiger partial charge is 0.507 e. The molecule has 2 fully saturated rings. The van der Waals surface area contributed by atoms with Crippen LogP contribution in [0.15, 0.2) is 40.3 Å². The van der Waals surface area contributed by atoms with E-state index in [2.05, 4.69) is 4.90 Å². The van der Waals surface area contributed by atoms with E-state index in [0.717, 1.165) is 24.2 Å². The van der Waals surface area contributed by atoms with Crippen LogP contribution in [0.25, 0.3) is 5.76 Å². The van der Waals surface area contributed by atoms with E-state index >= 15 is 0 Å². The number of morpholine rings is 1. The highest BCUT2D eigenvalue weighted by Gasteiger charge is 2.47. The fraction of sp³-hybridized carbons (Fsp3) is 0.417. The number of ether oxygens (including phenoxy) is 1. The minimum Gasteiger partial charge on any atom is -0.507 e. The number of carbonyl (C=O) groups excluding carboxylic acids is 2. The average molecular weight is 424 g/mol. The van der Waals surface area contributed by atoms with Crippen molar-refractivity contribution in [3.63, 3.8) is 0 Å². The number of hydrogen-bond acceptors (Lipinski definition) is 6. The predicted molar refractivity (Wildman–Crippen MR) is 116 cm³/mol. The molecule has 3 heterocycles. The van der Waals surface area contributed by atoms with E-state index < -0.39 is 17.7 Å². The highest BCUT2D eigenvalue weighted by molar-refractivity contribution is 6.46. The second kappa shape index (κ2) is 8.69. The molecule has 0 aliphatic carbocycles. The van der Waals surface area contributed by atoms with Gasteiger partial charge in [-0.2, -0.15) is 0 Å². The van der Waals surface area contributed by atoms with Gasteiger partial charge in [0, 0.05) is 31.7 Å². The van der Waals surface area contributed by atoms with Crippen molar-refractivity contribution in [2.45, 2.75) is 26.8 Å². The summed E-state index contributed by atoms with van der Waals surface area (Å²) >= 11 is 0. The zero-order chi connectivity index (χ0) is 22.1. The molecule has 0 saturated carbocycles. The number of aryl methyl sites for hydroxylation is 3.